The van der Waals surface area contributed by atoms with Crippen LogP contribution in [0, 0.1) is 0 Å². The highest BCUT2D eigenvalue weighted by Crippen LogP contribution is 2.30. The van der Waals surface area contributed by atoms with E-state index in [0.29, 0.717) is 12.0 Å². The molecule has 2 atom stereocenters. The third kappa shape index (κ3) is 4.74. The molecule has 0 radical (unpaired) electrons. The quantitative estimate of drug-likeness (QED) is 0.876. The minimum atomic E-state index is -4.40. The van der Waals surface area contributed by atoms with Gasteiger partial charge in [0.1, 0.15) is 0 Å². The van der Waals surface area contributed by atoms with Crippen LogP contribution in [0.5, 0.6) is 0 Å². The van der Waals surface area contributed by atoms with E-state index >= 15 is 0 Å². The predicted molar refractivity (Wildman–Crippen MR) is 75.5 cm³/mol. The Bertz CT molecular complexity index is 498. The molecule has 0 heterocycles. The van der Waals surface area contributed by atoms with E-state index in [1.807, 2.05) is 6.92 Å². The average Bonchev–Trinajstić information content (AvgIpc) is 2.37. The number of alkyl halides is 3. The van der Waals surface area contributed by atoms with Gasteiger partial charge in [0.25, 0.3) is 0 Å². The number of amides is 1. The molecule has 0 aliphatic heterocycles. The summed E-state index contributed by atoms with van der Waals surface area (Å²) in [5.41, 5.74) is 4.54. The Morgan fingerprint density at radius 1 is 1.38 bits per heavy atom. The van der Waals surface area contributed by atoms with Gasteiger partial charge in [-0.3, -0.25) is 4.79 Å². The van der Waals surface area contributed by atoms with Gasteiger partial charge in [0.05, 0.1) is 17.1 Å². The van der Waals surface area contributed by atoms with E-state index in [1.165, 1.54) is 6.07 Å². The van der Waals surface area contributed by atoms with Crippen molar-refractivity contribution in [1.29, 1.82) is 0 Å². The Hall–Kier alpha value is -1.56. The van der Waals surface area contributed by atoms with E-state index in [1.54, 1.807) is 19.9 Å². The smallest absolute Gasteiger partial charge is 0.348 e. The summed E-state index contributed by atoms with van der Waals surface area (Å²) in [6, 6.07) is 4.38. The maximum absolute atomic E-state index is 12.7. The number of hydrogen-bond acceptors (Lipinski definition) is 2. The van der Waals surface area contributed by atoms with Crippen LogP contribution in [0.1, 0.15) is 50.8 Å². The lowest BCUT2D eigenvalue weighted by Gasteiger charge is -2.26. The highest BCUT2D eigenvalue weighted by molar-refractivity contribution is 5.85. The molecule has 21 heavy (non-hydrogen) atoms. The molecular formula is C15H21F3N2O. The van der Waals surface area contributed by atoms with Crippen molar-refractivity contribution in [1.82, 2.24) is 5.32 Å². The van der Waals surface area contributed by atoms with Crippen LogP contribution in [0.15, 0.2) is 24.3 Å². The number of carbonyl (C=O) groups is 1. The fourth-order valence-corrected chi connectivity index (χ4v) is 2.06. The first kappa shape index (κ1) is 17.5. The van der Waals surface area contributed by atoms with Crippen LogP contribution < -0.4 is 11.1 Å². The van der Waals surface area contributed by atoms with Crippen LogP contribution in [0.4, 0.5) is 13.2 Å². The molecule has 6 heteroatoms. The maximum atomic E-state index is 12.7. The third-order valence-electron chi connectivity index (χ3n) is 3.35. The molecule has 1 amide bonds. The van der Waals surface area contributed by atoms with Crippen molar-refractivity contribution >= 4 is 5.91 Å². The van der Waals surface area contributed by atoms with Gasteiger partial charge in [0.15, 0.2) is 0 Å². The lowest BCUT2D eigenvalue weighted by molar-refractivity contribution is -0.137. The SMILES string of the molecule is CCCC(C)(N)C(=O)NC(C)c1cccc(C(F)(F)F)c1. The Labute approximate surface area is 122 Å². The maximum Gasteiger partial charge on any atom is 0.416 e. The first-order valence-corrected chi connectivity index (χ1v) is 6.85. The van der Waals surface area contributed by atoms with E-state index in [0.717, 1.165) is 18.6 Å². The fourth-order valence-electron chi connectivity index (χ4n) is 2.06. The molecule has 0 aliphatic rings. The molecule has 1 aromatic rings. The zero-order valence-electron chi connectivity index (χ0n) is 12.4. The van der Waals surface area contributed by atoms with Crippen LogP contribution in [-0.4, -0.2) is 11.4 Å². The molecule has 0 fully saturated rings. The van der Waals surface area contributed by atoms with Gasteiger partial charge in [-0.15, -0.1) is 0 Å². The Kier molecular flexibility index (Phi) is 5.39. The van der Waals surface area contributed by atoms with Crippen molar-refractivity contribution in [3.05, 3.63) is 35.4 Å². The molecule has 3 N–H and O–H groups in total. The summed E-state index contributed by atoms with van der Waals surface area (Å²) in [4.78, 5) is 12.1. The lowest BCUT2D eigenvalue weighted by atomic mass is 9.95. The van der Waals surface area contributed by atoms with E-state index in [4.69, 9.17) is 5.73 Å². The number of halogens is 3. The third-order valence-corrected chi connectivity index (χ3v) is 3.35. The van der Waals surface area contributed by atoms with Gasteiger partial charge in [-0.2, -0.15) is 13.2 Å². The molecule has 0 bridgehead atoms. The Balaban J connectivity index is 2.85. The zero-order chi connectivity index (χ0) is 16.3. The van der Waals surface area contributed by atoms with E-state index in [2.05, 4.69) is 5.32 Å². The molecule has 0 saturated heterocycles. The van der Waals surface area contributed by atoms with E-state index in [9.17, 15) is 18.0 Å². The summed E-state index contributed by atoms with van der Waals surface area (Å²) in [5, 5.41) is 2.67. The summed E-state index contributed by atoms with van der Waals surface area (Å²) in [7, 11) is 0. The Morgan fingerprint density at radius 3 is 2.52 bits per heavy atom. The van der Waals surface area contributed by atoms with Crippen molar-refractivity contribution in [3.8, 4) is 0 Å². The van der Waals surface area contributed by atoms with E-state index < -0.39 is 23.3 Å². The van der Waals surface area contributed by atoms with Gasteiger partial charge in [-0.1, -0.05) is 25.5 Å². The molecule has 2 unspecified atom stereocenters. The van der Waals surface area contributed by atoms with Crippen molar-refractivity contribution in [2.75, 3.05) is 0 Å². The molecule has 0 spiro atoms. The molecule has 1 rings (SSSR count). The minimum absolute atomic E-state index is 0.366. The minimum Gasteiger partial charge on any atom is -0.348 e. The summed E-state index contributed by atoms with van der Waals surface area (Å²) in [6.45, 7) is 5.16. The summed E-state index contributed by atoms with van der Waals surface area (Å²) >= 11 is 0. The molecule has 1 aromatic carbocycles. The van der Waals surface area contributed by atoms with E-state index in [-0.39, 0.29) is 5.91 Å². The van der Waals surface area contributed by atoms with Gasteiger partial charge < -0.3 is 11.1 Å². The largest absolute Gasteiger partial charge is 0.416 e. The van der Waals surface area contributed by atoms with Crippen molar-refractivity contribution in [3.63, 3.8) is 0 Å². The van der Waals surface area contributed by atoms with Crippen LogP contribution in [0.2, 0.25) is 0 Å². The highest BCUT2D eigenvalue weighted by atomic mass is 19.4. The summed E-state index contributed by atoms with van der Waals surface area (Å²) in [5.74, 6) is -0.366. The number of hydrogen-bond donors (Lipinski definition) is 2. The average molecular weight is 302 g/mol. The second-order valence-electron chi connectivity index (χ2n) is 5.49. The monoisotopic (exact) mass is 302 g/mol. The predicted octanol–water partition coefficient (Wildman–Crippen LogP) is 3.40. The van der Waals surface area contributed by atoms with Gasteiger partial charge in [0, 0.05) is 0 Å². The van der Waals surface area contributed by atoms with Crippen molar-refractivity contribution in [2.24, 2.45) is 5.73 Å². The number of nitrogens with one attached hydrogen (secondary N) is 1. The molecule has 0 saturated carbocycles. The number of benzene rings is 1. The Morgan fingerprint density at radius 2 is 2.00 bits per heavy atom. The first-order chi connectivity index (χ1) is 9.58. The molecular weight excluding hydrogens is 281 g/mol. The molecule has 0 aromatic heterocycles. The van der Waals surface area contributed by atoms with Gasteiger partial charge in [-0.25, -0.2) is 0 Å². The highest BCUT2D eigenvalue weighted by Gasteiger charge is 2.32. The second kappa shape index (κ2) is 6.47. The van der Waals surface area contributed by atoms with Crippen LogP contribution in [0.3, 0.4) is 0 Å². The molecule has 118 valence electrons. The summed E-state index contributed by atoms with van der Waals surface area (Å²) in [6.07, 6.45) is -3.14. The normalized spacial score (nSPS) is 16.1. The van der Waals surface area contributed by atoms with Crippen molar-refractivity contribution in [2.45, 2.75) is 51.4 Å². The second-order valence-corrected chi connectivity index (χ2v) is 5.49. The number of nitrogens with two attached hydrogens (primary N) is 1. The number of carbonyl (C=O) groups excluding carboxylic acids is 1. The molecule has 3 nitrogen and oxygen atoms in total. The fraction of sp³-hybridized carbons (Fsp3) is 0.533. The van der Waals surface area contributed by atoms with Crippen LogP contribution >= 0.6 is 0 Å². The van der Waals surface area contributed by atoms with Crippen LogP contribution in [-0.2, 0) is 11.0 Å². The zero-order valence-corrected chi connectivity index (χ0v) is 12.4. The van der Waals surface area contributed by atoms with Gasteiger partial charge >= 0.3 is 6.18 Å². The standard InChI is InChI=1S/C15H21F3N2O/c1-4-8-14(3,19)13(21)20-10(2)11-6-5-7-12(9-11)15(16,17)18/h5-7,9-10H,4,8,19H2,1-3H3,(H,20,21). The topological polar surface area (TPSA) is 55.1 Å². The molecule has 0 aliphatic carbocycles. The van der Waals surface area contributed by atoms with Gasteiger partial charge in [0.2, 0.25) is 5.91 Å². The van der Waals surface area contributed by atoms with Gasteiger partial charge in [-0.05, 0) is 38.0 Å². The summed E-state index contributed by atoms with van der Waals surface area (Å²) < 4.78 is 38.0. The lowest BCUT2D eigenvalue weighted by Crippen LogP contribution is -2.52. The number of rotatable bonds is 5. The van der Waals surface area contributed by atoms with Crippen molar-refractivity contribution < 1.29 is 18.0 Å². The van der Waals surface area contributed by atoms with Crippen LogP contribution in [0.25, 0.3) is 0 Å². The first-order valence-electron chi connectivity index (χ1n) is 6.85.